The van der Waals surface area contributed by atoms with Gasteiger partial charge in [-0.25, -0.2) is 9.59 Å². The number of rotatable bonds is 6. The van der Waals surface area contributed by atoms with Gasteiger partial charge in [0.1, 0.15) is 19.0 Å². The largest absolute Gasteiger partial charge is 0.460 e. The monoisotopic (exact) mass is 335 g/mol. The number of nitrogens with one attached hydrogen (secondary N) is 3. The molecule has 0 aromatic carbocycles. The second-order valence-electron chi connectivity index (χ2n) is 5.12. The number of carbonyl (C=O) groups is 4. The lowest BCUT2D eigenvalue weighted by Gasteiger charge is -2.16. The third kappa shape index (κ3) is 5.27. The molecule has 3 N–H and O–H groups in total. The summed E-state index contributed by atoms with van der Waals surface area (Å²) in [6, 6.07) is -0.194. The molecule has 0 aromatic rings. The number of esters is 2. The minimum atomic E-state index is -0.792. The number of hydrogen-bond donors (Lipinski definition) is 3. The lowest BCUT2D eigenvalue weighted by atomic mass is 10.2. The Hall–Kier alpha value is -3.10. The molecular formula is C15H17N3O6. The van der Waals surface area contributed by atoms with E-state index in [1.54, 1.807) is 0 Å². The van der Waals surface area contributed by atoms with Gasteiger partial charge in [0.05, 0.1) is 11.6 Å². The highest BCUT2D eigenvalue weighted by molar-refractivity contribution is 5.96. The Morgan fingerprint density at radius 3 is 2.58 bits per heavy atom. The maximum atomic E-state index is 11.5. The third-order valence-corrected chi connectivity index (χ3v) is 3.21. The molecule has 2 rings (SSSR count). The molecule has 1 fully saturated rings. The quantitative estimate of drug-likeness (QED) is 0.419. The zero-order valence-corrected chi connectivity index (χ0v) is 12.8. The van der Waals surface area contributed by atoms with Crippen molar-refractivity contribution in [3.63, 3.8) is 0 Å². The molecule has 0 spiro atoms. The molecule has 0 bridgehead atoms. The van der Waals surface area contributed by atoms with Crippen molar-refractivity contribution in [1.82, 2.24) is 16.0 Å². The van der Waals surface area contributed by atoms with Crippen molar-refractivity contribution < 1.29 is 28.7 Å². The Labute approximate surface area is 137 Å². The molecule has 0 radical (unpaired) electrons. The summed E-state index contributed by atoms with van der Waals surface area (Å²) in [5.74, 6) is -1.68. The Kier molecular flexibility index (Phi) is 5.72. The number of hydrogen-bond acceptors (Lipinski definition) is 7. The normalized spacial score (nSPS) is 20.1. The fourth-order valence-corrected chi connectivity index (χ4v) is 1.97. The zero-order chi connectivity index (χ0) is 17.5. The van der Waals surface area contributed by atoms with Gasteiger partial charge < -0.3 is 25.4 Å². The van der Waals surface area contributed by atoms with Crippen LogP contribution in [0.5, 0.6) is 0 Å². The summed E-state index contributed by atoms with van der Waals surface area (Å²) >= 11 is 0. The molecule has 0 aromatic heterocycles. The predicted octanol–water partition coefficient (Wildman–Crippen LogP) is -1.02. The molecule has 24 heavy (non-hydrogen) atoms. The molecule has 2 aliphatic heterocycles. The van der Waals surface area contributed by atoms with Crippen molar-refractivity contribution in [2.75, 3.05) is 13.2 Å². The van der Waals surface area contributed by atoms with Gasteiger partial charge in [0.2, 0.25) is 5.91 Å². The molecule has 2 amide bonds. The van der Waals surface area contributed by atoms with E-state index in [4.69, 9.17) is 9.47 Å². The predicted molar refractivity (Wildman–Crippen MR) is 80.7 cm³/mol. The van der Waals surface area contributed by atoms with Crippen molar-refractivity contribution in [2.45, 2.75) is 18.9 Å². The molecule has 1 unspecified atom stereocenters. The summed E-state index contributed by atoms with van der Waals surface area (Å²) in [6.45, 7) is 3.31. The highest BCUT2D eigenvalue weighted by Gasteiger charge is 2.21. The van der Waals surface area contributed by atoms with E-state index >= 15 is 0 Å². The van der Waals surface area contributed by atoms with Gasteiger partial charge in [-0.1, -0.05) is 6.58 Å². The lowest BCUT2D eigenvalue weighted by molar-refractivity contribution is -0.140. The first-order valence-electron chi connectivity index (χ1n) is 7.21. The van der Waals surface area contributed by atoms with Gasteiger partial charge in [0.15, 0.2) is 0 Å². The molecular weight excluding hydrogens is 318 g/mol. The van der Waals surface area contributed by atoms with Crippen LogP contribution in [-0.2, 0) is 28.7 Å². The van der Waals surface area contributed by atoms with Crippen molar-refractivity contribution in [2.24, 2.45) is 0 Å². The van der Waals surface area contributed by atoms with Gasteiger partial charge in [0, 0.05) is 24.8 Å². The lowest BCUT2D eigenvalue weighted by Crippen LogP contribution is -2.36. The van der Waals surface area contributed by atoms with Crippen molar-refractivity contribution >= 4 is 23.8 Å². The fourth-order valence-electron chi connectivity index (χ4n) is 1.97. The highest BCUT2D eigenvalue weighted by atomic mass is 16.5. The maximum absolute atomic E-state index is 11.5. The Bertz CT molecular complexity index is 637. The third-order valence-electron chi connectivity index (χ3n) is 3.21. The van der Waals surface area contributed by atoms with E-state index in [0.29, 0.717) is 18.7 Å². The molecule has 1 saturated heterocycles. The number of amides is 2. The smallest absolute Gasteiger partial charge is 0.331 e. The zero-order valence-electron chi connectivity index (χ0n) is 12.8. The van der Waals surface area contributed by atoms with Crippen LogP contribution in [0, 0.1) is 0 Å². The van der Waals surface area contributed by atoms with Gasteiger partial charge in [-0.2, -0.15) is 0 Å². The van der Waals surface area contributed by atoms with Crippen LogP contribution in [0.25, 0.3) is 0 Å². The average molecular weight is 335 g/mol. The van der Waals surface area contributed by atoms with Gasteiger partial charge in [0.25, 0.3) is 5.91 Å². The van der Waals surface area contributed by atoms with Crippen LogP contribution >= 0.6 is 0 Å². The first-order valence-corrected chi connectivity index (χ1v) is 7.21. The van der Waals surface area contributed by atoms with Crippen LogP contribution in [0.2, 0.25) is 0 Å². The van der Waals surface area contributed by atoms with E-state index in [-0.39, 0.29) is 30.7 Å². The Balaban J connectivity index is 1.68. The summed E-state index contributed by atoms with van der Waals surface area (Å²) in [6.07, 6.45) is 4.23. The Morgan fingerprint density at radius 1 is 1.25 bits per heavy atom. The van der Waals surface area contributed by atoms with Crippen LogP contribution in [-0.4, -0.2) is 43.0 Å². The van der Waals surface area contributed by atoms with Gasteiger partial charge in [-0.15, -0.1) is 0 Å². The fraction of sp³-hybridized carbons (Fsp3) is 0.333. The standard InChI is InChI=1S/C15H17N3O6/c1-9-16-6-10(15(22)17-9)7-23-13(20)4-5-14(21)24-8-11-2-3-12(19)18-11/h4-6,11,16H,1-3,7-8H2,(H,17,22)(H,18,19). The van der Waals surface area contributed by atoms with Crippen molar-refractivity contribution in [3.8, 4) is 0 Å². The second kappa shape index (κ2) is 7.95. The molecule has 9 heteroatoms. The van der Waals surface area contributed by atoms with Crippen LogP contribution in [0.3, 0.4) is 0 Å². The SMILES string of the molecule is C=C1NC=C(COC(=O)C=CC(=O)OCC2CCC(=O)N2)C(=O)N1. The van der Waals surface area contributed by atoms with Gasteiger partial charge >= 0.3 is 11.9 Å². The van der Waals surface area contributed by atoms with Crippen LogP contribution in [0.15, 0.2) is 36.3 Å². The average Bonchev–Trinajstić information content (AvgIpc) is 2.95. The summed E-state index contributed by atoms with van der Waals surface area (Å²) in [5.41, 5.74) is 0.212. The van der Waals surface area contributed by atoms with Crippen LogP contribution in [0.4, 0.5) is 0 Å². The minimum absolute atomic E-state index is 0.0482. The summed E-state index contributed by atoms with van der Waals surface area (Å²) in [4.78, 5) is 45.5. The second-order valence-corrected chi connectivity index (χ2v) is 5.12. The summed E-state index contributed by atoms with van der Waals surface area (Å²) < 4.78 is 9.74. The molecule has 0 saturated carbocycles. The molecule has 2 aliphatic rings. The molecule has 128 valence electrons. The highest BCUT2D eigenvalue weighted by Crippen LogP contribution is 2.06. The summed E-state index contributed by atoms with van der Waals surface area (Å²) in [5, 5.41) is 7.75. The minimum Gasteiger partial charge on any atom is -0.460 e. The summed E-state index contributed by atoms with van der Waals surface area (Å²) in [7, 11) is 0. The van der Waals surface area contributed by atoms with E-state index in [9.17, 15) is 19.2 Å². The number of ether oxygens (including phenoxy) is 2. The molecule has 1 atom stereocenters. The van der Waals surface area contributed by atoms with E-state index in [2.05, 4.69) is 22.5 Å². The molecule has 9 nitrogen and oxygen atoms in total. The molecule has 2 heterocycles. The Morgan fingerprint density at radius 2 is 1.96 bits per heavy atom. The van der Waals surface area contributed by atoms with E-state index in [1.807, 2.05) is 0 Å². The first kappa shape index (κ1) is 17.3. The van der Waals surface area contributed by atoms with Crippen molar-refractivity contribution in [3.05, 3.63) is 36.3 Å². The first-order chi connectivity index (χ1) is 11.4. The van der Waals surface area contributed by atoms with Crippen LogP contribution < -0.4 is 16.0 Å². The van der Waals surface area contributed by atoms with Gasteiger partial charge in [-0.05, 0) is 6.42 Å². The van der Waals surface area contributed by atoms with Crippen LogP contribution in [0.1, 0.15) is 12.8 Å². The van der Waals surface area contributed by atoms with E-state index in [0.717, 1.165) is 12.2 Å². The van der Waals surface area contributed by atoms with Gasteiger partial charge in [-0.3, -0.25) is 9.59 Å². The number of carbonyl (C=O) groups excluding carboxylic acids is 4. The maximum Gasteiger partial charge on any atom is 0.331 e. The topological polar surface area (TPSA) is 123 Å². The molecule has 0 aliphatic carbocycles. The van der Waals surface area contributed by atoms with Crippen molar-refractivity contribution in [1.29, 1.82) is 0 Å². The van der Waals surface area contributed by atoms with E-state index < -0.39 is 17.8 Å². The van der Waals surface area contributed by atoms with E-state index in [1.165, 1.54) is 6.20 Å².